The second kappa shape index (κ2) is 8.79. The molecule has 0 bridgehead atoms. The quantitative estimate of drug-likeness (QED) is 0.355. The maximum absolute atomic E-state index is 12.0. The molecule has 3 rings (SSSR count). The molecule has 0 radical (unpaired) electrons. The van der Waals surface area contributed by atoms with Gasteiger partial charge in [-0.05, 0) is 61.0 Å². The van der Waals surface area contributed by atoms with Crippen LogP contribution in [0.5, 0.6) is 0 Å². The third-order valence-corrected chi connectivity index (χ3v) is 4.48. The highest BCUT2D eigenvalue weighted by molar-refractivity contribution is 6.33. The Morgan fingerprint density at radius 2 is 2.00 bits per heavy atom. The molecule has 0 aliphatic rings. The lowest BCUT2D eigenvalue weighted by Crippen LogP contribution is -2.05. The summed E-state index contributed by atoms with van der Waals surface area (Å²) in [5.74, 6) is 0.546. The molecule has 1 aromatic heterocycles. The highest BCUT2D eigenvalue weighted by Crippen LogP contribution is 2.29. The van der Waals surface area contributed by atoms with Crippen LogP contribution in [0.1, 0.15) is 28.6 Å². The van der Waals surface area contributed by atoms with E-state index >= 15 is 0 Å². The van der Waals surface area contributed by atoms with Gasteiger partial charge in [0.25, 0.3) is 0 Å². The first-order valence-corrected chi connectivity index (χ1v) is 9.22. The average molecular weight is 412 g/mol. The summed E-state index contributed by atoms with van der Waals surface area (Å²) in [7, 11) is 0. The third kappa shape index (κ3) is 4.45. The molecule has 0 saturated carbocycles. The Morgan fingerprint density at radius 1 is 1.18 bits per heavy atom. The van der Waals surface area contributed by atoms with E-state index in [1.54, 1.807) is 67.6 Å². The summed E-state index contributed by atoms with van der Waals surface area (Å²) in [5.41, 5.74) is 2.07. The van der Waals surface area contributed by atoms with E-state index < -0.39 is 5.97 Å². The molecule has 0 spiro atoms. The zero-order valence-electron chi connectivity index (χ0n) is 14.9. The fourth-order valence-electron chi connectivity index (χ4n) is 2.61. The van der Waals surface area contributed by atoms with Crippen LogP contribution in [0.2, 0.25) is 10.0 Å². The maximum Gasteiger partial charge on any atom is 0.339 e. The van der Waals surface area contributed by atoms with Crippen LogP contribution in [-0.2, 0) is 4.74 Å². The molecule has 28 heavy (non-hydrogen) atoms. The first kappa shape index (κ1) is 19.8. The third-order valence-electron chi connectivity index (χ3n) is 3.92. The van der Waals surface area contributed by atoms with Gasteiger partial charge in [0.05, 0.1) is 28.8 Å². The lowest BCUT2D eigenvalue weighted by Gasteiger charge is -2.06. The SMILES string of the molecule is CCOC(=O)c1cc(-c2ccc(/C=C(/C#N)c3cccc(Cl)c3)o2)ccc1Cl. The molecule has 0 fully saturated rings. The van der Waals surface area contributed by atoms with Crippen molar-refractivity contribution >= 4 is 40.8 Å². The normalized spacial score (nSPS) is 11.1. The second-order valence-corrected chi connectivity index (χ2v) is 6.64. The summed E-state index contributed by atoms with van der Waals surface area (Å²) in [5, 5.41) is 10.3. The number of hydrogen-bond donors (Lipinski definition) is 0. The van der Waals surface area contributed by atoms with E-state index in [2.05, 4.69) is 6.07 Å². The standard InChI is InChI=1S/C22H15Cl2NO3/c1-2-27-22(26)19-12-15(6-8-20(19)24)21-9-7-18(28-21)11-16(13-25)14-4-3-5-17(23)10-14/h3-12H,2H2,1H3/b16-11-. The molecule has 0 aliphatic carbocycles. The van der Waals surface area contributed by atoms with Crippen molar-refractivity contribution in [1.82, 2.24) is 0 Å². The van der Waals surface area contributed by atoms with Crippen LogP contribution in [0, 0.1) is 11.3 Å². The van der Waals surface area contributed by atoms with Crippen LogP contribution >= 0.6 is 23.2 Å². The second-order valence-electron chi connectivity index (χ2n) is 5.80. The van der Waals surface area contributed by atoms with Crippen LogP contribution in [0.15, 0.2) is 59.0 Å². The molecule has 0 saturated heterocycles. The van der Waals surface area contributed by atoms with Gasteiger partial charge in [-0.1, -0.05) is 35.3 Å². The largest absolute Gasteiger partial charge is 0.462 e. The van der Waals surface area contributed by atoms with Crippen LogP contribution in [0.25, 0.3) is 23.0 Å². The molecule has 6 heteroatoms. The van der Waals surface area contributed by atoms with Gasteiger partial charge in [-0.3, -0.25) is 0 Å². The summed E-state index contributed by atoms with van der Waals surface area (Å²) < 4.78 is 10.9. The van der Waals surface area contributed by atoms with Crippen molar-refractivity contribution < 1.29 is 13.9 Å². The molecule has 3 aromatic rings. The van der Waals surface area contributed by atoms with Gasteiger partial charge in [0, 0.05) is 10.6 Å². The minimum Gasteiger partial charge on any atom is -0.462 e. The number of allylic oxidation sites excluding steroid dienone is 1. The Balaban J connectivity index is 1.93. The molecule has 0 unspecified atom stereocenters. The number of carbonyl (C=O) groups is 1. The van der Waals surface area contributed by atoms with E-state index in [9.17, 15) is 10.1 Å². The summed E-state index contributed by atoms with van der Waals surface area (Å²) in [6.45, 7) is 1.99. The average Bonchev–Trinajstić information content (AvgIpc) is 3.15. The van der Waals surface area contributed by atoms with Gasteiger partial charge in [0.2, 0.25) is 0 Å². The summed E-state index contributed by atoms with van der Waals surface area (Å²) in [6, 6.07) is 17.7. The summed E-state index contributed by atoms with van der Waals surface area (Å²) in [4.78, 5) is 12.0. The molecule has 140 valence electrons. The predicted molar refractivity (Wildman–Crippen MR) is 110 cm³/mol. The van der Waals surface area contributed by atoms with E-state index in [1.165, 1.54) is 0 Å². The molecule has 0 atom stereocenters. The molecule has 4 nitrogen and oxygen atoms in total. The van der Waals surface area contributed by atoms with Crippen LogP contribution in [0.3, 0.4) is 0 Å². The minimum absolute atomic E-state index is 0.259. The van der Waals surface area contributed by atoms with Crippen LogP contribution in [0.4, 0.5) is 0 Å². The minimum atomic E-state index is -0.492. The van der Waals surface area contributed by atoms with Crippen molar-refractivity contribution in [3.8, 4) is 17.4 Å². The zero-order valence-corrected chi connectivity index (χ0v) is 16.4. The lowest BCUT2D eigenvalue weighted by molar-refractivity contribution is 0.0526. The topological polar surface area (TPSA) is 63.2 Å². The molecular formula is C22H15Cl2NO3. The lowest BCUT2D eigenvalue weighted by atomic mass is 10.1. The number of rotatable bonds is 5. The smallest absolute Gasteiger partial charge is 0.339 e. The number of furan rings is 1. The monoisotopic (exact) mass is 411 g/mol. The molecule has 1 heterocycles. The number of esters is 1. The van der Waals surface area contributed by atoms with Crippen molar-refractivity contribution in [3.05, 3.63) is 81.5 Å². The number of nitrogens with zero attached hydrogens (tertiary/aromatic N) is 1. The van der Waals surface area contributed by atoms with Crippen LogP contribution in [-0.4, -0.2) is 12.6 Å². The molecular weight excluding hydrogens is 397 g/mol. The van der Waals surface area contributed by atoms with Gasteiger partial charge in [-0.25, -0.2) is 4.79 Å². The highest BCUT2D eigenvalue weighted by Gasteiger charge is 2.14. The molecule has 0 N–H and O–H groups in total. The fourth-order valence-corrected chi connectivity index (χ4v) is 2.99. The number of nitriles is 1. The Morgan fingerprint density at radius 3 is 2.71 bits per heavy atom. The van der Waals surface area contributed by atoms with E-state index in [0.29, 0.717) is 38.3 Å². The van der Waals surface area contributed by atoms with Crippen molar-refractivity contribution in [2.75, 3.05) is 6.61 Å². The van der Waals surface area contributed by atoms with Crippen LogP contribution < -0.4 is 0 Å². The van der Waals surface area contributed by atoms with Crippen molar-refractivity contribution in [2.45, 2.75) is 6.92 Å². The number of hydrogen-bond acceptors (Lipinski definition) is 4. The molecule has 2 aromatic carbocycles. The number of ether oxygens (including phenoxy) is 1. The van der Waals surface area contributed by atoms with E-state index in [4.69, 9.17) is 32.4 Å². The summed E-state index contributed by atoms with van der Waals surface area (Å²) in [6.07, 6.45) is 1.64. The zero-order chi connectivity index (χ0) is 20.1. The Bertz CT molecular complexity index is 1090. The maximum atomic E-state index is 12.0. The first-order chi connectivity index (χ1) is 13.5. The highest BCUT2D eigenvalue weighted by atomic mass is 35.5. The number of halogens is 2. The van der Waals surface area contributed by atoms with Crippen molar-refractivity contribution in [2.24, 2.45) is 0 Å². The molecule has 0 amide bonds. The number of carbonyl (C=O) groups excluding carboxylic acids is 1. The van der Waals surface area contributed by atoms with Gasteiger partial charge in [-0.2, -0.15) is 5.26 Å². The van der Waals surface area contributed by atoms with Gasteiger partial charge >= 0.3 is 5.97 Å². The first-order valence-electron chi connectivity index (χ1n) is 8.46. The van der Waals surface area contributed by atoms with Gasteiger partial charge < -0.3 is 9.15 Å². The van der Waals surface area contributed by atoms with Gasteiger partial charge in [0.15, 0.2) is 0 Å². The van der Waals surface area contributed by atoms with Crippen molar-refractivity contribution in [3.63, 3.8) is 0 Å². The van der Waals surface area contributed by atoms with E-state index in [-0.39, 0.29) is 12.2 Å². The van der Waals surface area contributed by atoms with Gasteiger partial charge in [0.1, 0.15) is 11.5 Å². The number of benzene rings is 2. The predicted octanol–water partition coefficient (Wildman–Crippen LogP) is 6.49. The Labute approximate surface area is 172 Å². The van der Waals surface area contributed by atoms with Gasteiger partial charge in [-0.15, -0.1) is 0 Å². The van der Waals surface area contributed by atoms with Crippen molar-refractivity contribution in [1.29, 1.82) is 5.26 Å². The van der Waals surface area contributed by atoms with E-state index in [1.807, 2.05) is 0 Å². The summed E-state index contributed by atoms with van der Waals surface area (Å²) >= 11 is 12.1. The molecule has 0 aliphatic heterocycles. The Hall–Kier alpha value is -3.00. The fraction of sp³-hybridized carbons (Fsp3) is 0.0909. The van der Waals surface area contributed by atoms with E-state index in [0.717, 1.165) is 0 Å². The Kier molecular flexibility index (Phi) is 6.20.